The summed E-state index contributed by atoms with van der Waals surface area (Å²) in [4.78, 5) is 12.2. The molecule has 0 spiro atoms. The molecule has 24 heavy (non-hydrogen) atoms. The Hall–Kier alpha value is -2.69. The van der Waals surface area contributed by atoms with Crippen LogP contribution in [0.5, 0.6) is 17.2 Å². The maximum atomic E-state index is 12.2. The average molecular weight is 327 g/mol. The lowest BCUT2D eigenvalue weighted by molar-refractivity contribution is -0.127. The molecule has 5 nitrogen and oxygen atoms in total. The molecule has 0 aromatic heterocycles. The topological polar surface area (TPSA) is 56.8 Å². The largest absolute Gasteiger partial charge is 0.486 e. The van der Waals surface area contributed by atoms with Gasteiger partial charge in [-0.2, -0.15) is 0 Å². The smallest absolute Gasteiger partial charge is 0.260 e. The van der Waals surface area contributed by atoms with Crippen molar-refractivity contribution in [3.05, 3.63) is 54.1 Å². The number of fused-ring (bicyclic) bond motifs is 1. The number of ether oxygens (including phenoxy) is 3. The molecule has 3 rings (SSSR count). The van der Waals surface area contributed by atoms with E-state index in [0.717, 1.165) is 11.3 Å². The van der Waals surface area contributed by atoms with Crippen LogP contribution in [0.3, 0.4) is 0 Å². The van der Waals surface area contributed by atoms with Crippen LogP contribution >= 0.6 is 0 Å². The molecule has 1 amide bonds. The molecule has 1 aliphatic heterocycles. The average Bonchev–Trinajstić information content (AvgIpc) is 2.59. The third-order valence-corrected chi connectivity index (χ3v) is 3.74. The quantitative estimate of drug-likeness (QED) is 0.917. The Morgan fingerprint density at radius 1 is 1.25 bits per heavy atom. The molecule has 1 heterocycles. The van der Waals surface area contributed by atoms with Gasteiger partial charge in [0.05, 0.1) is 6.54 Å². The summed E-state index contributed by atoms with van der Waals surface area (Å²) in [6, 6.07) is 15.1. The fraction of sp³-hybridized carbons (Fsp3) is 0.316. The predicted molar refractivity (Wildman–Crippen MR) is 90.6 cm³/mol. The van der Waals surface area contributed by atoms with Gasteiger partial charge in [0.2, 0.25) is 0 Å². The number of carbonyl (C=O) groups excluding carboxylic acids is 1. The van der Waals surface area contributed by atoms with Gasteiger partial charge in [-0.05, 0) is 43.7 Å². The summed E-state index contributed by atoms with van der Waals surface area (Å²) in [5.41, 5.74) is 1.09. The summed E-state index contributed by atoms with van der Waals surface area (Å²) in [7, 11) is 0. The van der Waals surface area contributed by atoms with Crippen LogP contribution < -0.4 is 19.5 Å². The van der Waals surface area contributed by atoms with Gasteiger partial charge < -0.3 is 19.5 Å². The first-order chi connectivity index (χ1) is 11.6. The molecule has 0 unspecified atom stereocenters. The van der Waals surface area contributed by atoms with Crippen molar-refractivity contribution < 1.29 is 19.0 Å². The molecule has 0 aliphatic carbocycles. The van der Waals surface area contributed by atoms with E-state index in [1.54, 1.807) is 6.92 Å². The van der Waals surface area contributed by atoms with Crippen molar-refractivity contribution in [2.45, 2.75) is 26.1 Å². The van der Waals surface area contributed by atoms with E-state index in [-0.39, 0.29) is 12.0 Å². The van der Waals surface area contributed by atoms with Gasteiger partial charge in [-0.25, -0.2) is 0 Å². The number of nitrogens with one attached hydrogen (secondary N) is 1. The SMILES string of the molecule is Cc1cccc(O[C@@H](C)C(=O)NC[C@@H]2COc3ccccc3O2)c1. The molecule has 0 saturated carbocycles. The van der Waals surface area contributed by atoms with Crippen molar-refractivity contribution in [3.63, 3.8) is 0 Å². The number of carbonyl (C=O) groups is 1. The second-order valence-electron chi connectivity index (χ2n) is 5.82. The molecule has 0 bridgehead atoms. The van der Waals surface area contributed by atoms with E-state index in [9.17, 15) is 4.79 Å². The second kappa shape index (κ2) is 7.25. The van der Waals surface area contributed by atoms with E-state index in [0.29, 0.717) is 24.7 Å². The first-order valence-electron chi connectivity index (χ1n) is 8.01. The monoisotopic (exact) mass is 327 g/mol. The minimum Gasteiger partial charge on any atom is -0.486 e. The highest BCUT2D eigenvalue weighted by molar-refractivity contribution is 5.80. The molecule has 2 aromatic rings. The van der Waals surface area contributed by atoms with Crippen molar-refractivity contribution in [3.8, 4) is 17.2 Å². The van der Waals surface area contributed by atoms with Gasteiger partial charge >= 0.3 is 0 Å². The summed E-state index contributed by atoms with van der Waals surface area (Å²) in [6.07, 6.45) is -0.793. The summed E-state index contributed by atoms with van der Waals surface area (Å²) >= 11 is 0. The molecular formula is C19H21NO4. The molecule has 126 valence electrons. The van der Waals surface area contributed by atoms with Crippen LogP contribution in [-0.4, -0.2) is 31.3 Å². The predicted octanol–water partition coefficient (Wildman–Crippen LogP) is 2.72. The Bertz CT molecular complexity index is 716. The van der Waals surface area contributed by atoms with Gasteiger partial charge in [0.25, 0.3) is 5.91 Å². The normalized spacial score (nSPS) is 17.0. The molecule has 5 heteroatoms. The minimum atomic E-state index is -0.580. The van der Waals surface area contributed by atoms with E-state index < -0.39 is 6.10 Å². The van der Waals surface area contributed by atoms with Crippen molar-refractivity contribution >= 4 is 5.91 Å². The lowest BCUT2D eigenvalue weighted by Gasteiger charge is -2.27. The summed E-state index contributed by atoms with van der Waals surface area (Å²) < 4.78 is 17.1. The fourth-order valence-electron chi connectivity index (χ4n) is 2.47. The zero-order valence-electron chi connectivity index (χ0n) is 13.8. The van der Waals surface area contributed by atoms with Gasteiger partial charge in [0.15, 0.2) is 17.6 Å². The lowest BCUT2D eigenvalue weighted by Crippen LogP contribution is -2.44. The van der Waals surface area contributed by atoms with Crippen molar-refractivity contribution in [2.24, 2.45) is 0 Å². The molecule has 1 N–H and O–H groups in total. The highest BCUT2D eigenvalue weighted by atomic mass is 16.6. The molecular weight excluding hydrogens is 306 g/mol. The van der Waals surface area contributed by atoms with Crippen LogP contribution in [0.25, 0.3) is 0 Å². The zero-order valence-corrected chi connectivity index (χ0v) is 13.8. The molecule has 1 aliphatic rings. The van der Waals surface area contributed by atoms with Crippen LogP contribution in [-0.2, 0) is 4.79 Å². The van der Waals surface area contributed by atoms with Gasteiger partial charge in [0, 0.05) is 0 Å². The maximum absolute atomic E-state index is 12.2. The van der Waals surface area contributed by atoms with Gasteiger partial charge in [-0.3, -0.25) is 4.79 Å². The van der Waals surface area contributed by atoms with Crippen LogP contribution in [0, 0.1) is 6.92 Å². The van der Waals surface area contributed by atoms with E-state index in [4.69, 9.17) is 14.2 Å². The number of para-hydroxylation sites is 2. The van der Waals surface area contributed by atoms with E-state index in [1.807, 2.05) is 55.5 Å². The summed E-state index contributed by atoms with van der Waals surface area (Å²) in [5.74, 6) is 1.94. The zero-order chi connectivity index (χ0) is 16.9. The first kappa shape index (κ1) is 16.2. The number of aryl methyl sites for hydroxylation is 1. The highest BCUT2D eigenvalue weighted by Crippen LogP contribution is 2.30. The Morgan fingerprint density at radius 2 is 2.04 bits per heavy atom. The fourth-order valence-corrected chi connectivity index (χ4v) is 2.47. The lowest BCUT2D eigenvalue weighted by atomic mass is 10.2. The van der Waals surface area contributed by atoms with E-state index in [1.165, 1.54) is 0 Å². The Labute approximate surface area is 141 Å². The van der Waals surface area contributed by atoms with Gasteiger partial charge in [0.1, 0.15) is 18.5 Å². The minimum absolute atomic E-state index is 0.182. The standard InChI is InChI=1S/C19H21NO4/c1-13-6-5-7-15(10-13)23-14(2)19(21)20-11-16-12-22-17-8-3-4-9-18(17)24-16/h3-10,14,16H,11-12H2,1-2H3,(H,20,21)/t14-,16+/m0/s1. The molecule has 0 fully saturated rings. The maximum Gasteiger partial charge on any atom is 0.260 e. The van der Waals surface area contributed by atoms with Gasteiger partial charge in [-0.15, -0.1) is 0 Å². The number of hydrogen-bond donors (Lipinski definition) is 1. The molecule has 0 saturated heterocycles. The molecule has 0 radical (unpaired) electrons. The Morgan fingerprint density at radius 3 is 2.83 bits per heavy atom. The second-order valence-corrected chi connectivity index (χ2v) is 5.82. The van der Waals surface area contributed by atoms with Crippen molar-refractivity contribution in [1.29, 1.82) is 0 Å². The van der Waals surface area contributed by atoms with Crippen molar-refractivity contribution in [1.82, 2.24) is 5.32 Å². The Kier molecular flexibility index (Phi) is 4.89. The summed E-state index contributed by atoms with van der Waals surface area (Å²) in [5, 5.41) is 2.85. The summed E-state index contributed by atoms with van der Waals surface area (Å²) in [6.45, 7) is 4.49. The highest BCUT2D eigenvalue weighted by Gasteiger charge is 2.22. The number of benzene rings is 2. The number of rotatable bonds is 5. The van der Waals surface area contributed by atoms with Crippen LogP contribution in [0.2, 0.25) is 0 Å². The first-order valence-corrected chi connectivity index (χ1v) is 8.01. The van der Waals surface area contributed by atoms with Crippen molar-refractivity contribution in [2.75, 3.05) is 13.2 Å². The van der Waals surface area contributed by atoms with Gasteiger partial charge in [-0.1, -0.05) is 24.3 Å². The molecule has 2 atom stereocenters. The Balaban J connectivity index is 1.49. The number of hydrogen-bond acceptors (Lipinski definition) is 4. The van der Waals surface area contributed by atoms with Crippen LogP contribution in [0.1, 0.15) is 12.5 Å². The van der Waals surface area contributed by atoms with E-state index >= 15 is 0 Å². The van der Waals surface area contributed by atoms with Crippen LogP contribution in [0.15, 0.2) is 48.5 Å². The third-order valence-electron chi connectivity index (χ3n) is 3.74. The molecule has 2 aromatic carbocycles. The van der Waals surface area contributed by atoms with E-state index in [2.05, 4.69) is 5.32 Å². The third kappa shape index (κ3) is 3.98. The van der Waals surface area contributed by atoms with Crippen LogP contribution in [0.4, 0.5) is 0 Å². The number of amides is 1.